The van der Waals surface area contributed by atoms with Crippen molar-refractivity contribution in [2.75, 3.05) is 0 Å². The molecule has 0 amide bonds. The highest BCUT2D eigenvalue weighted by atomic mass is 35.5. The van der Waals surface area contributed by atoms with E-state index in [4.69, 9.17) is 16.1 Å². The lowest BCUT2D eigenvalue weighted by molar-refractivity contribution is 0.369. The third-order valence-corrected chi connectivity index (χ3v) is 4.92. The van der Waals surface area contributed by atoms with Crippen LogP contribution < -0.4 is 11.1 Å². The summed E-state index contributed by atoms with van der Waals surface area (Å²) < 4.78 is 21.0. The SMILES string of the molecule is Cc1ccc(C)c(-n2ccn(Cc3nc(-c4ccc(F)c(Cl)c4)no3)c(=O)c2=O)c1. The topological polar surface area (TPSA) is 82.9 Å². The Balaban J connectivity index is 1.65. The van der Waals surface area contributed by atoms with Gasteiger partial charge in [-0.1, -0.05) is 28.9 Å². The van der Waals surface area contributed by atoms with Gasteiger partial charge in [0.1, 0.15) is 12.4 Å². The number of rotatable bonds is 4. The Labute approximate surface area is 175 Å². The van der Waals surface area contributed by atoms with Crippen LogP contribution in [0.5, 0.6) is 0 Å². The molecule has 0 atom stereocenters. The van der Waals surface area contributed by atoms with Crippen LogP contribution in [-0.2, 0) is 6.54 Å². The molecule has 0 unspecified atom stereocenters. The maximum Gasteiger partial charge on any atom is 0.320 e. The number of hydrogen-bond donors (Lipinski definition) is 0. The normalized spacial score (nSPS) is 11.1. The molecule has 0 radical (unpaired) electrons. The van der Waals surface area contributed by atoms with Crippen LogP contribution in [0.25, 0.3) is 17.1 Å². The summed E-state index contributed by atoms with van der Waals surface area (Å²) >= 11 is 5.78. The average molecular weight is 427 g/mol. The van der Waals surface area contributed by atoms with Crippen LogP contribution in [-0.4, -0.2) is 19.3 Å². The zero-order valence-corrected chi connectivity index (χ0v) is 16.9. The first-order valence-electron chi connectivity index (χ1n) is 9.01. The van der Waals surface area contributed by atoms with Gasteiger partial charge < -0.3 is 4.52 Å². The smallest absolute Gasteiger partial charge is 0.320 e. The van der Waals surface area contributed by atoms with E-state index in [0.717, 1.165) is 11.1 Å². The molecule has 4 aromatic rings. The molecule has 30 heavy (non-hydrogen) atoms. The minimum absolute atomic E-state index is 0.0647. The highest BCUT2D eigenvalue weighted by Crippen LogP contribution is 2.22. The first-order valence-corrected chi connectivity index (χ1v) is 9.39. The molecule has 152 valence electrons. The first-order chi connectivity index (χ1) is 14.3. The molecule has 4 rings (SSSR count). The average Bonchev–Trinajstić information content (AvgIpc) is 3.18. The maximum atomic E-state index is 13.3. The van der Waals surface area contributed by atoms with Crippen LogP contribution >= 0.6 is 11.6 Å². The Morgan fingerprint density at radius 1 is 1.07 bits per heavy atom. The summed E-state index contributed by atoms with van der Waals surface area (Å²) in [6, 6.07) is 9.72. The molecule has 7 nitrogen and oxygen atoms in total. The molecule has 0 aliphatic heterocycles. The van der Waals surface area contributed by atoms with E-state index in [1.165, 1.54) is 39.7 Å². The molecule has 0 spiro atoms. The summed E-state index contributed by atoms with van der Waals surface area (Å²) in [6.45, 7) is 3.70. The van der Waals surface area contributed by atoms with Crippen molar-refractivity contribution in [3.63, 3.8) is 0 Å². The van der Waals surface area contributed by atoms with E-state index in [0.29, 0.717) is 11.3 Å². The molecule has 0 N–H and O–H groups in total. The van der Waals surface area contributed by atoms with Crippen LogP contribution in [0.1, 0.15) is 17.0 Å². The number of aryl methyl sites for hydroxylation is 2. The fraction of sp³-hybridized carbons (Fsp3) is 0.143. The van der Waals surface area contributed by atoms with Gasteiger partial charge in [-0.25, -0.2) is 4.39 Å². The van der Waals surface area contributed by atoms with E-state index in [9.17, 15) is 14.0 Å². The predicted octanol–water partition coefficient (Wildman–Crippen LogP) is 3.51. The largest absolute Gasteiger partial charge is 0.337 e. The van der Waals surface area contributed by atoms with Gasteiger partial charge in [0.15, 0.2) is 0 Å². The first kappa shape index (κ1) is 19.8. The predicted molar refractivity (Wildman–Crippen MR) is 110 cm³/mol. The van der Waals surface area contributed by atoms with Crippen LogP contribution in [0.3, 0.4) is 0 Å². The van der Waals surface area contributed by atoms with Crippen LogP contribution in [0.2, 0.25) is 5.02 Å². The lowest BCUT2D eigenvalue weighted by Gasteiger charge is -2.11. The molecule has 0 bridgehead atoms. The van der Waals surface area contributed by atoms with Crippen molar-refractivity contribution in [3.05, 3.63) is 97.4 Å². The molecule has 0 saturated carbocycles. The Morgan fingerprint density at radius 3 is 2.63 bits per heavy atom. The third kappa shape index (κ3) is 3.69. The fourth-order valence-electron chi connectivity index (χ4n) is 3.02. The van der Waals surface area contributed by atoms with E-state index in [1.54, 1.807) is 0 Å². The third-order valence-electron chi connectivity index (χ3n) is 4.63. The van der Waals surface area contributed by atoms with E-state index in [-0.39, 0.29) is 23.3 Å². The zero-order chi connectivity index (χ0) is 21.4. The standard InChI is InChI=1S/C21H16ClFN4O3/c1-12-3-4-13(2)17(9-12)27-8-7-26(20(28)21(27)29)11-18-24-19(25-30-18)14-5-6-16(23)15(22)10-14/h3-10H,11H2,1-2H3. The molecule has 0 fully saturated rings. The molecular formula is C21H16ClFN4O3. The molecule has 2 heterocycles. The lowest BCUT2D eigenvalue weighted by Crippen LogP contribution is -2.40. The van der Waals surface area contributed by atoms with Gasteiger partial charge in [-0.2, -0.15) is 4.98 Å². The van der Waals surface area contributed by atoms with Gasteiger partial charge in [-0.05, 0) is 49.2 Å². The van der Waals surface area contributed by atoms with Crippen LogP contribution in [0, 0.1) is 19.7 Å². The molecule has 0 aliphatic rings. The summed E-state index contributed by atoms with van der Waals surface area (Å²) in [5, 5.41) is 3.76. The Kier molecular flexibility index (Phi) is 5.09. The second-order valence-corrected chi connectivity index (χ2v) is 7.24. The Morgan fingerprint density at radius 2 is 1.87 bits per heavy atom. The summed E-state index contributed by atoms with van der Waals surface area (Å²) in [7, 11) is 0. The van der Waals surface area contributed by atoms with Crippen molar-refractivity contribution < 1.29 is 8.91 Å². The van der Waals surface area contributed by atoms with Gasteiger partial charge >= 0.3 is 11.1 Å². The summed E-state index contributed by atoms with van der Waals surface area (Å²) in [4.78, 5) is 29.5. The second kappa shape index (κ2) is 7.72. The van der Waals surface area contributed by atoms with Gasteiger partial charge in [0.2, 0.25) is 11.7 Å². The van der Waals surface area contributed by atoms with Crippen molar-refractivity contribution in [1.29, 1.82) is 0 Å². The highest BCUT2D eigenvalue weighted by Gasteiger charge is 2.14. The highest BCUT2D eigenvalue weighted by molar-refractivity contribution is 6.31. The molecule has 0 aliphatic carbocycles. The van der Waals surface area contributed by atoms with E-state index < -0.39 is 16.9 Å². The fourth-order valence-corrected chi connectivity index (χ4v) is 3.20. The maximum absolute atomic E-state index is 13.3. The van der Waals surface area contributed by atoms with Crippen molar-refractivity contribution in [2.24, 2.45) is 0 Å². The molecule has 2 aromatic carbocycles. The molecular weight excluding hydrogens is 411 g/mol. The quantitative estimate of drug-likeness (QED) is 0.466. The van der Waals surface area contributed by atoms with Gasteiger partial charge in [0, 0.05) is 18.0 Å². The molecule has 2 aromatic heterocycles. The summed E-state index contributed by atoms with van der Waals surface area (Å²) in [5.41, 5.74) is 1.57. The lowest BCUT2D eigenvalue weighted by atomic mass is 10.1. The minimum Gasteiger partial charge on any atom is -0.337 e. The number of halogens is 2. The summed E-state index contributed by atoms with van der Waals surface area (Å²) in [6.07, 6.45) is 3.02. The second-order valence-electron chi connectivity index (χ2n) is 6.84. The molecule has 0 saturated heterocycles. The monoisotopic (exact) mass is 426 g/mol. The zero-order valence-electron chi connectivity index (χ0n) is 16.1. The summed E-state index contributed by atoms with van der Waals surface area (Å²) in [5.74, 6) is -0.236. The number of hydrogen-bond acceptors (Lipinski definition) is 5. The Hall–Kier alpha value is -3.52. The molecule has 9 heteroatoms. The van der Waals surface area contributed by atoms with Gasteiger partial charge in [-0.3, -0.25) is 18.7 Å². The van der Waals surface area contributed by atoms with Gasteiger partial charge in [-0.15, -0.1) is 0 Å². The van der Waals surface area contributed by atoms with Crippen molar-refractivity contribution >= 4 is 11.6 Å². The van der Waals surface area contributed by atoms with E-state index in [2.05, 4.69) is 10.1 Å². The minimum atomic E-state index is -0.719. The number of nitrogens with zero attached hydrogens (tertiary/aromatic N) is 4. The van der Waals surface area contributed by atoms with Crippen LogP contribution in [0.15, 0.2) is 62.9 Å². The van der Waals surface area contributed by atoms with Crippen molar-refractivity contribution in [3.8, 4) is 17.1 Å². The van der Waals surface area contributed by atoms with Crippen molar-refractivity contribution in [1.82, 2.24) is 19.3 Å². The van der Waals surface area contributed by atoms with E-state index >= 15 is 0 Å². The van der Waals surface area contributed by atoms with Crippen LogP contribution in [0.4, 0.5) is 4.39 Å². The number of benzene rings is 2. The number of aromatic nitrogens is 4. The van der Waals surface area contributed by atoms with Crippen molar-refractivity contribution in [2.45, 2.75) is 20.4 Å². The van der Waals surface area contributed by atoms with Gasteiger partial charge in [0.05, 0.1) is 10.7 Å². The Bertz CT molecular complexity index is 1370. The van der Waals surface area contributed by atoms with Gasteiger partial charge in [0.25, 0.3) is 0 Å². The van der Waals surface area contributed by atoms with E-state index in [1.807, 2.05) is 32.0 Å².